The summed E-state index contributed by atoms with van der Waals surface area (Å²) in [6, 6.07) is 6.71. The van der Waals surface area contributed by atoms with Crippen LogP contribution in [0.2, 0.25) is 18.1 Å². The van der Waals surface area contributed by atoms with Gasteiger partial charge in [-0.05, 0) is 70.3 Å². The van der Waals surface area contributed by atoms with Crippen LogP contribution < -0.4 is 5.32 Å². The van der Waals surface area contributed by atoms with Gasteiger partial charge in [-0.25, -0.2) is 13.6 Å². The van der Waals surface area contributed by atoms with Gasteiger partial charge in [0.1, 0.15) is 18.8 Å². The van der Waals surface area contributed by atoms with Crippen molar-refractivity contribution in [1.82, 2.24) is 10.2 Å². The predicted octanol–water partition coefficient (Wildman–Crippen LogP) is 7.11. The maximum Gasteiger partial charge on any atom is 0.408 e. The highest BCUT2D eigenvalue weighted by Crippen LogP contribution is 2.64. The van der Waals surface area contributed by atoms with Crippen molar-refractivity contribution in [3.8, 4) is 0 Å². The number of nitrogens with zero attached hydrogens (tertiary/aromatic N) is 1. The molecule has 0 spiro atoms. The Labute approximate surface area is 244 Å². The van der Waals surface area contributed by atoms with Crippen LogP contribution in [0.4, 0.5) is 13.6 Å². The summed E-state index contributed by atoms with van der Waals surface area (Å²) in [6.07, 6.45) is -0.278. The Hall–Kier alpha value is -2.29. The fraction of sp³-hybridized carbons (Fsp3) is 0.600. The third kappa shape index (κ3) is 6.86. The molecule has 2 aliphatic rings. The maximum atomic E-state index is 17.0. The van der Waals surface area contributed by atoms with E-state index in [4.69, 9.17) is 9.16 Å². The van der Waals surface area contributed by atoms with Crippen molar-refractivity contribution in [2.24, 2.45) is 0 Å². The predicted molar refractivity (Wildman–Crippen MR) is 162 cm³/mol. The Bertz CT molecular complexity index is 1270. The summed E-state index contributed by atoms with van der Waals surface area (Å²) in [5.41, 5.74) is -0.653. The highest BCUT2D eigenvalue weighted by molar-refractivity contribution is 7.64. The van der Waals surface area contributed by atoms with Gasteiger partial charge in [0, 0.05) is 5.57 Å². The van der Waals surface area contributed by atoms with Crippen molar-refractivity contribution in [1.29, 1.82) is 0 Å². The standard InChI is InChI=1S/C30H45F2N2O5PSi/c1-28(2,3)39-27(36)33-23-18-21(19-38-41(9,10)29(4,5)6)34(26(23)35)24-17-16-22(20-14-12-11-13-15-20)30(32,25(24)31)40(7,8)37/h11-17,21,23,25H,18-19H2,1-10H3,(H,33,36)/t21-,23+,25?,30?/m0/s1. The van der Waals surface area contributed by atoms with E-state index in [0.717, 1.165) is 0 Å². The van der Waals surface area contributed by atoms with E-state index in [2.05, 4.69) is 39.2 Å². The number of rotatable bonds is 7. The number of halogens is 2. The summed E-state index contributed by atoms with van der Waals surface area (Å²) in [5.74, 6) is -0.602. The van der Waals surface area contributed by atoms with Crippen molar-refractivity contribution in [3.63, 3.8) is 0 Å². The molecule has 1 fully saturated rings. The molecule has 0 aromatic heterocycles. The molecule has 1 aliphatic heterocycles. The zero-order valence-corrected chi connectivity index (χ0v) is 27.8. The second kappa shape index (κ2) is 11.4. The zero-order valence-electron chi connectivity index (χ0n) is 25.9. The number of amides is 2. The third-order valence-corrected chi connectivity index (χ3v) is 14.6. The SMILES string of the molecule is CC(C)(C)OC(=O)N[C@@H]1C[C@@H](CO[Si](C)(C)C(C)(C)C)N(C2=CC=C(c3ccccc3)C(F)(P(C)(C)=O)C2F)C1=O. The number of nitrogens with one attached hydrogen (secondary N) is 1. The average molecular weight is 611 g/mol. The van der Waals surface area contributed by atoms with Crippen LogP contribution >= 0.6 is 7.14 Å². The molecule has 4 atom stereocenters. The monoisotopic (exact) mass is 610 g/mol. The lowest BCUT2D eigenvalue weighted by Crippen LogP contribution is -2.50. The lowest BCUT2D eigenvalue weighted by atomic mass is 9.91. The first kappa shape index (κ1) is 33.2. The van der Waals surface area contributed by atoms with E-state index in [9.17, 15) is 14.2 Å². The first-order valence-corrected chi connectivity index (χ1v) is 19.4. The molecular weight excluding hydrogens is 565 g/mol. The van der Waals surface area contributed by atoms with Crippen LogP contribution in [0.3, 0.4) is 0 Å². The average Bonchev–Trinajstić information content (AvgIpc) is 3.12. The van der Waals surface area contributed by atoms with Crippen molar-refractivity contribution in [2.45, 2.75) is 95.4 Å². The fourth-order valence-corrected chi connectivity index (χ4v) is 7.29. The molecule has 41 heavy (non-hydrogen) atoms. The second-order valence-electron chi connectivity index (χ2n) is 13.8. The Morgan fingerprint density at radius 2 is 1.71 bits per heavy atom. The van der Waals surface area contributed by atoms with Gasteiger partial charge in [-0.15, -0.1) is 0 Å². The number of likely N-dealkylation sites (tertiary alicyclic amines) is 1. The molecular formula is C30H45F2N2O5PSi. The van der Waals surface area contributed by atoms with Gasteiger partial charge >= 0.3 is 6.09 Å². The zero-order chi connectivity index (χ0) is 31.2. The Morgan fingerprint density at radius 3 is 2.22 bits per heavy atom. The highest BCUT2D eigenvalue weighted by Gasteiger charge is 2.59. The quantitative estimate of drug-likeness (QED) is 0.263. The van der Waals surface area contributed by atoms with E-state index in [0.29, 0.717) is 5.56 Å². The number of benzene rings is 1. The number of alkyl halides is 2. The number of carbonyl (C=O) groups is 2. The molecule has 1 aliphatic carbocycles. The van der Waals surface area contributed by atoms with E-state index in [1.165, 1.54) is 30.4 Å². The van der Waals surface area contributed by atoms with Gasteiger partial charge in [0.2, 0.25) is 11.3 Å². The van der Waals surface area contributed by atoms with E-state index >= 15 is 8.78 Å². The van der Waals surface area contributed by atoms with Crippen LogP contribution in [0.5, 0.6) is 0 Å². The van der Waals surface area contributed by atoms with Gasteiger partial charge < -0.3 is 23.9 Å². The molecule has 2 amide bonds. The van der Waals surface area contributed by atoms with Gasteiger partial charge in [0.15, 0.2) is 14.5 Å². The van der Waals surface area contributed by atoms with Gasteiger partial charge in [-0.1, -0.05) is 57.2 Å². The van der Waals surface area contributed by atoms with E-state index in [1.54, 1.807) is 51.1 Å². The molecule has 0 bridgehead atoms. The van der Waals surface area contributed by atoms with Crippen LogP contribution in [0.15, 0.2) is 48.2 Å². The number of hydrogen-bond acceptors (Lipinski definition) is 5. The van der Waals surface area contributed by atoms with Crippen molar-refractivity contribution in [2.75, 3.05) is 19.9 Å². The summed E-state index contributed by atoms with van der Waals surface area (Å²) in [7, 11) is -6.06. The van der Waals surface area contributed by atoms with Gasteiger partial charge in [-0.2, -0.15) is 0 Å². The maximum absolute atomic E-state index is 17.0. The molecule has 0 saturated carbocycles. The van der Waals surface area contributed by atoms with Crippen LogP contribution in [0.25, 0.3) is 5.57 Å². The Morgan fingerprint density at radius 1 is 1.12 bits per heavy atom. The number of ether oxygens (including phenoxy) is 1. The molecule has 0 radical (unpaired) electrons. The largest absolute Gasteiger partial charge is 0.444 e. The molecule has 1 N–H and O–H groups in total. The van der Waals surface area contributed by atoms with Crippen molar-refractivity contribution < 1.29 is 32.1 Å². The van der Waals surface area contributed by atoms with Crippen molar-refractivity contribution in [3.05, 3.63) is 53.7 Å². The minimum atomic E-state index is -3.78. The molecule has 2 unspecified atom stereocenters. The molecule has 1 aromatic carbocycles. The summed E-state index contributed by atoms with van der Waals surface area (Å²) >= 11 is 0. The number of allylic oxidation sites excluding steroid dienone is 4. The Kier molecular flexibility index (Phi) is 9.25. The minimum absolute atomic E-state index is 0.0353. The minimum Gasteiger partial charge on any atom is -0.444 e. The molecule has 1 heterocycles. The lowest BCUT2D eigenvalue weighted by Gasteiger charge is -2.42. The van der Waals surface area contributed by atoms with Crippen LogP contribution in [-0.4, -0.2) is 74.4 Å². The molecule has 11 heteroatoms. The van der Waals surface area contributed by atoms with Crippen molar-refractivity contribution >= 4 is 33.0 Å². The molecule has 1 saturated heterocycles. The van der Waals surface area contributed by atoms with Gasteiger partial charge in [0.05, 0.1) is 18.3 Å². The topological polar surface area (TPSA) is 84.9 Å². The number of alkyl carbamates (subject to hydrolysis) is 1. The fourth-order valence-electron chi connectivity index (χ4n) is 4.78. The molecule has 228 valence electrons. The summed E-state index contributed by atoms with van der Waals surface area (Å²) < 4.78 is 58.8. The molecule has 7 nitrogen and oxygen atoms in total. The van der Waals surface area contributed by atoms with Crippen LogP contribution in [-0.2, 0) is 18.5 Å². The van der Waals surface area contributed by atoms with Crippen LogP contribution in [0, 0.1) is 0 Å². The molecule has 1 aromatic rings. The summed E-state index contributed by atoms with van der Waals surface area (Å²) in [5, 5.41) is -0.398. The normalized spacial score (nSPS) is 26.0. The van der Waals surface area contributed by atoms with E-state index < -0.39 is 56.7 Å². The smallest absolute Gasteiger partial charge is 0.408 e. The van der Waals surface area contributed by atoms with Crippen LogP contribution in [0.1, 0.15) is 53.5 Å². The second-order valence-corrected chi connectivity index (χ2v) is 22.0. The van der Waals surface area contributed by atoms with E-state index in [-0.39, 0.29) is 29.3 Å². The van der Waals surface area contributed by atoms with E-state index in [1.807, 2.05) is 0 Å². The summed E-state index contributed by atoms with van der Waals surface area (Å²) in [6.45, 7) is 18.0. The summed E-state index contributed by atoms with van der Waals surface area (Å²) in [4.78, 5) is 27.6. The molecule has 3 rings (SSSR count). The number of hydrogen-bond donors (Lipinski definition) is 1. The van der Waals surface area contributed by atoms with Gasteiger partial charge in [-0.3, -0.25) is 4.79 Å². The third-order valence-electron chi connectivity index (χ3n) is 8.08. The van der Waals surface area contributed by atoms with Gasteiger partial charge in [0.25, 0.3) is 0 Å². The first-order valence-electron chi connectivity index (χ1n) is 13.9. The highest BCUT2D eigenvalue weighted by atomic mass is 31.2. The first-order chi connectivity index (χ1) is 18.6. The lowest BCUT2D eigenvalue weighted by molar-refractivity contribution is -0.129. The number of carbonyl (C=O) groups excluding carboxylic acids is 2. The Balaban J connectivity index is 2.06.